The minimum absolute atomic E-state index is 0.113. The van der Waals surface area contributed by atoms with Crippen molar-refractivity contribution in [3.63, 3.8) is 0 Å². The third kappa shape index (κ3) is 2.82. The number of carbonyl (C=O) groups is 1. The van der Waals surface area contributed by atoms with Gasteiger partial charge in [-0.1, -0.05) is 34.1 Å². The molecule has 1 amide bonds. The van der Waals surface area contributed by atoms with Crippen molar-refractivity contribution in [2.75, 3.05) is 20.1 Å². The molecule has 0 spiro atoms. The van der Waals surface area contributed by atoms with E-state index in [4.69, 9.17) is 0 Å². The van der Waals surface area contributed by atoms with Crippen molar-refractivity contribution in [1.29, 1.82) is 0 Å². The van der Waals surface area contributed by atoms with Crippen LogP contribution in [0.4, 0.5) is 0 Å². The Morgan fingerprint density at radius 2 is 2.06 bits per heavy atom. The summed E-state index contributed by atoms with van der Waals surface area (Å²) in [4.78, 5) is 14.0. The van der Waals surface area contributed by atoms with Gasteiger partial charge in [0.1, 0.15) is 0 Å². The van der Waals surface area contributed by atoms with E-state index in [-0.39, 0.29) is 5.91 Å². The fourth-order valence-electron chi connectivity index (χ4n) is 1.91. The summed E-state index contributed by atoms with van der Waals surface area (Å²) >= 11 is 3.50. The maximum atomic E-state index is 12.2. The molecule has 96 valence electrons. The van der Waals surface area contributed by atoms with Gasteiger partial charge in [-0.25, -0.2) is 0 Å². The zero-order chi connectivity index (χ0) is 13.1. The summed E-state index contributed by atoms with van der Waals surface area (Å²) in [5.74, 6) is 0.113. The van der Waals surface area contributed by atoms with Crippen LogP contribution in [0.25, 0.3) is 0 Å². The Morgan fingerprint density at radius 1 is 1.39 bits per heavy atom. The first-order valence-electron chi connectivity index (χ1n) is 5.98. The van der Waals surface area contributed by atoms with E-state index >= 15 is 0 Å². The minimum atomic E-state index is 0.113. The van der Waals surface area contributed by atoms with Gasteiger partial charge in [0.25, 0.3) is 0 Å². The Morgan fingerprint density at radius 3 is 2.61 bits per heavy atom. The van der Waals surface area contributed by atoms with Gasteiger partial charge in [0.05, 0.1) is 0 Å². The van der Waals surface area contributed by atoms with E-state index in [1.54, 1.807) is 4.90 Å². The Hall–Kier alpha value is -1.13. The molecule has 0 aliphatic carbocycles. The molecule has 1 aliphatic rings. The van der Waals surface area contributed by atoms with Crippen LogP contribution in [-0.2, 0) is 11.3 Å². The van der Waals surface area contributed by atoms with Gasteiger partial charge in [-0.15, -0.1) is 0 Å². The maximum Gasteiger partial charge on any atom is 0.249 e. The minimum Gasteiger partial charge on any atom is -0.338 e. The highest BCUT2D eigenvalue weighted by atomic mass is 79.9. The number of carbonyl (C=O) groups excluding carboxylic acids is 1. The smallest absolute Gasteiger partial charge is 0.249 e. The van der Waals surface area contributed by atoms with E-state index in [1.165, 1.54) is 5.57 Å². The van der Waals surface area contributed by atoms with E-state index in [0.29, 0.717) is 6.54 Å². The topological polar surface area (TPSA) is 32.3 Å². The SMILES string of the molecule is CC(C(=O)N(C)Cc1ccccc1Br)=C1CNC1. The largest absolute Gasteiger partial charge is 0.338 e. The van der Waals surface area contributed by atoms with Crippen LogP contribution in [-0.4, -0.2) is 30.9 Å². The van der Waals surface area contributed by atoms with Crippen LogP contribution >= 0.6 is 15.9 Å². The molecule has 0 bridgehead atoms. The van der Waals surface area contributed by atoms with Crippen molar-refractivity contribution >= 4 is 21.8 Å². The molecule has 1 saturated heterocycles. The molecule has 1 aromatic rings. The lowest BCUT2D eigenvalue weighted by Gasteiger charge is -2.25. The Kier molecular flexibility index (Phi) is 4.19. The lowest BCUT2D eigenvalue weighted by molar-refractivity contribution is -0.126. The zero-order valence-corrected chi connectivity index (χ0v) is 12.3. The van der Waals surface area contributed by atoms with Gasteiger partial charge in [-0.05, 0) is 24.1 Å². The third-order valence-electron chi connectivity index (χ3n) is 3.24. The second-order valence-corrected chi connectivity index (χ2v) is 5.44. The van der Waals surface area contributed by atoms with Gasteiger partial charge in [0.2, 0.25) is 5.91 Å². The Balaban J connectivity index is 2.06. The number of hydrogen-bond donors (Lipinski definition) is 1. The number of hydrogen-bond acceptors (Lipinski definition) is 2. The van der Waals surface area contributed by atoms with Gasteiger partial charge in [-0.2, -0.15) is 0 Å². The summed E-state index contributed by atoms with van der Waals surface area (Å²) in [7, 11) is 1.85. The number of rotatable bonds is 3. The lowest BCUT2D eigenvalue weighted by atomic mass is 10.0. The third-order valence-corrected chi connectivity index (χ3v) is 4.01. The summed E-state index contributed by atoms with van der Waals surface area (Å²) in [6, 6.07) is 7.98. The predicted octanol–water partition coefficient (Wildman–Crippen LogP) is 2.33. The molecule has 1 N–H and O–H groups in total. The van der Waals surface area contributed by atoms with Gasteiger partial charge < -0.3 is 10.2 Å². The summed E-state index contributed by atoms with van der Waals surface area (Å²) < 4.78 is 1.04. The number of nitrogens with one attached hydrogen (secondary N) is 1. The highest BCUT2D eigenvalue weighted by molar-refractivity contribution is 9.10. The van der Waals surface area contributed by atoms with E-state index in [2.05, 4.69) is 21.2 Å². The molecular weight excluding hydrogens is 292 g/mol. The number of benzene rings is 1. The zero-order valence-electron chi connectivity index (χ0n) is 10.7. The normalized spacial score (nSPS) is 14.1. The van der Waals surface area contributed by atoms with Gasteiger partial charge >= 0.3 is 0 Å². The highest BCUT2D eigenvalue weighted by Crippen LogP contribution is 2.19. The molecule has 1 aliphatic heterocycles. The van der Waals surface area contributed by atoms with Crippen molar-refractivity contribution < 1.29 is 4.79 Å². The highest BCUT2D eigenvalue weighted by Gasteiger charge is 2.19. The van der Waals surface area contributed by atoms with Crippen molar-refractivity contribution in [3.05, 3.63) is 45.4 Å². The molecule has 0 radical (unpaired) electrons. The lowest BCUT2D eigenvalue weighted by Crippen LogP contribution is -2.38. The number of likely N-dealkylation sites (N-methyl/N-ethyl adjacent to an activating group) is 1. The van der Waals surface area contributed by atoms with Crippen molar-refractivity contribution in [2.45, 2.75) is 13.5 Å². The molecule has 18 heavy (non-hydrogen) atoms. The van der Waals surface area contributed by atoms with E-state index in [9.17, 15) is 4.79 Å². The van der Waals surface area contributed by atoms with Crippen LogP contribution in [0, 0.1) is 0 Å². The monoisotopic (exact) mass is 308 g/mol. The molecular formula is C14H17BrN2O. The Bertz CT molecular complexity index is 490. The molecule has 2 rings (SSSR count). The molecule has 1 fully saturated rings. The van der Waals surface area contributed by atoms with Crippen LogP contribution in [0.3, 0.4) is 0 Å². The molecule has 4 heteroatoms. The maximum absolute atomic E-state index is 12.2. The van der Waals surface area contributed by atoms with E-state index in [0.717, 1.165) is 28.7 Å². The van der Waals surface area contributed by atoms with Gasteiger partial charge in [0, 0.05) is 36.7 Å². The van der Waals surface area contributed by atoms with Gasteiger partial charge in [0.15, 0.2) is 0 Å². The van der Waals surface area contributed by atoms with Crippen molar-refractivity contribution in [1.82, 2.24) is 10.2 Å². The van der Waals surface area contributed by atoms with Crippen molar-refractivity contribution in [2.24, 2.45) is 0 Å². The molecule has 0 atom stereocenters. The standard InChI is InChI=1S/C14H17BrN2O/c1-10(12-7-16-8-12)14(18)17(2)9-11-5-3-4-6-13(11)15/h3-6,16H,7-9H2,1-2H3. The van der Waals surface area contributed by atoms with Crippen LogP contribution in [0.2, 0.25) is 0 Å². The number of nitrogens with zero attached hydrogens (tertiary/aromatic N) is 1. The number of amides is 1. The first kappa shape index (κ1) is 13.3. The van der Waals surface area contributed by atoms with Crippen LogP contribution < -0.4 is 5.32 Å². The van der Waals surface area contributed by atoms with E-state index in [1.807, 2.05) is 38.2 Å². The number of halogens is 1. The quantitative estimate of drug-likeness (QED) is 0.869. The first-order valence-corrected chi connectivity index (χ1v) is 6.77. The van der Waals surface area contributed by atoms with Crippen LogP contribution in [0.1, 0.15) is 12.5 Å². The fourth-order valence-corrected chi connectivity index (χ4v) is 2.32. The molecule has 1 heterocycles. The molecule has 0 unspecified atom stereocenters. The Labute approximate surface area is 116 Å². The van der Waals surface area contributed by atoms with Crippen LogP contribution in [0.15, 0.2) is 39.9 Å². The van der Waals surface area contributed by atoms with Gasteiger partial charge in [-0.3, -0.25) is 4.79 Å². The molecule has 3 nitrogen and oxygen atoms in total. The summed E-state index contributed by atoms with van der Waals surface area (Å²) in [6.45, 7) is 4.23. The molecule has 1 aromatic carbocycles. The average Bonchev–Trinajstić information content (AvgIpc) is 2.28. The summed E-state index contributed by atoms with van der Waals surface area (Å²) in [5.41, 5.74) is 3.22. The molecule has 0 aromatic heterocycles. The molecule has 0 saturated carbocycles. The van der Waals surface area contributed by atoms with Crippen molar-refractivity contribution in [3.8, 4) is 0 Å². The summed E-state index contributed by atoms with van der Waals surface area (Å²) in [5, 5.41) is 3.16. The van der Waals surface area contributed by atoms with E-state index < -0.39 is 0 Å². The van der Waals surface area contributed by atoms with Crippen LogP contribution in [0.5, 0.6) is 0 Å². The second kappa shape index (κ2) is 5.67. The average molecular weight is 309 g/mol. The summed E-state index contributed by atoms with van der Waals surface area (Å²) in [6.07, 6.45) is 0. The second-order valence-electron chi connectivity index (χ2n) is 4.58. The fraction of sp³-hybridized carbons (Fsp3) is 0.357. The predicted molar refractivity (Wildman–Crippen MR) is 76.2 cm³/mol. The first-order chi connectivity index (χ1) is 8.59.